The summed E-state index contributed by atoms with van der Waals surface area (Å²) >= 11 is 0. The maximum Gasteiger partial charge on any atom is 0.349 e. The fraction of sp³-hybridized carbons (Fsp3) is 0.222. The number of aryl methyl sites for hydroxylation is 2. The Bertz CT molecular complexity index is 742. The number of benzene rings is 2. The van der Waals surface area contributed by atoms with Crippen LogP contribution in [0.25, 0.3) is 0 Å². The summed E-state index contributed by atoms with van der Waals surface area (Å²) in [4.78, 5) is 12.0. The third-order valence-corrected chi connectivity index (χ3v) is 3.26. The molecule has 0 aliphatic rings. The highest BCUT2D eigenvalue weighted by atomic mass is 16.6. The van der Waals surface area contributed by atoms with Crippen LogP contribution in [0.4, 0.5) is 0 Å². The Labute approximate surface area is 135 Å². The summed E-state index contributed by atoms with van der Waals surface area (Å²) in [7, 11) is 1.45. The Kier molecular flexibility index (Phi) is 5.21. The van der Waals surface area contributed by atoms with Gasteiger partial charge in [-0.15, -0.1) is 0 Å². The van der Waals surface area contributed by atoms with Gasteiger partial charge in [0.2, 0.25) is 0 Å². The molecule has 5 nitrogen and oxygen atoms in total. The van der Waals surface area contributed by atoms with Crippen LogP contribution < -0.4 is 14.2 Å². The number of nitrogens with zero attached hydrogens (tertiary/aromatic N) is 1. The molecule has 23 heavy (non-hydrogen) atoms. The lowest BCUT2D eigenvalue weighted by Gasteiger charge is -2.12. The van der Waals surface area contributed by atoms with Crippen LogP contribution in [0.3, 0.4) is 0 Å². The van der Waals surface area contributed by atoms with Crippen molar-refractivity contribution in [3.63, 3.8) is 0 Å². The zero-order chi connectivity index (χ0) is 16.8. The predicted octanol–water partition coefficient (Wildman–Crippen LogP) is 3.17. The number of rotatable bonds is 5. The summed E-state index contributed by atoms with van der Waals surface area (Å²) in [5, 5.41) is 8.86. The Balaban J connectivity index is 2.04. The minimum atomic E-state index is -0.546. The number of carbonyl (C=O) groups excluding carboxylic acids is 1. The first-order chi connectivity index (χ1) is 11.0. The first-order valence-corrected chi connectivity index (χ1v) is 7.03. The Morgan fingerprint density at radius 1 is 1.13 bits per heavy atom. The van der Waals surface area contributed by atoms with Gasteiger partial charge in [-0.3, -0.25) is 0 Å². The Morgan fingerprint density at radius 2 is 1.83 bits per heavy atom. The molecule has 2 rings (SSSR count). The smallest absolute Gasteiger partial charge is 0.349 e. The topological polar surface area (TPSA) is 68.5 Å². The van der Waals surface area contributed by atoms with E-state index in [-0.39, 0.29) is 12.4 Å². The minimum absolute atomic E-state index is 0.213. The molecule has 5 heteroatoms. The largest absolute Gasteiger partial charge is 0.493 e. The SMILES string of the molecule is COc1cc(C#N)ccc1OC(=O)COc1c(C)cccc1C. The van der Waals surface area contributed by atoms with Crippen molar-refractivity contribution < 1.29 is 19.0 Å². The van der Waals surface area contributed by atoms with Gasteiger partial charge in [-0.25, -0.2) is 4.79 Å². The van der Waals surface area contributed by atoms with Crippen molar-refractivity contribution in [1.82, 2.24) is 0 Å². The molecule has 2 aromatic carbocycles. The lowest BCUT2D eigenvalue weighted by molar-refractivity contribution is -0.136. The quantitative estimate of drug-likeness (QED) is 0.626. The number of esters is 1. The highest BCUT2D eigenvalue weighted by Crippen LogP contribution is 2.28. The molecule has 2 aromatic rings. The predicted molar refractivity (Wildman–Crippen MR) is 84.8 cm³/mol. The molecule has 0 unspecified atom stereocenters. The molecule has 0 aliphatic heterocycles. The molecule has 0 saturated heterocycles. The number of methoxy groups -OCH3 is 1. The van der Waals surface area contributed by atoms with Gasteiger partial charge >= 0.3 is 5.97 Å². The summed E-state index contributed by atoms with van der Waals surface area (Å²) in [6.45, 7) is 3.61. The standard InChI is InChI=1S/C18H17NO4/c1-12-5-4-6-13(2)18(12)22-11-17(20)23-15-8-7-14(10-19)9-16(15)21-3/h4-9H,11H2,1-3H3. The number of hydrogen-bond donors (Lipinski definition) is 0. The molecule has 0 radical (unpaired) electrons. The van der Waals surface area contributed by atoms with Crippen LogP contribution in [0, 0.1) is 25.2 Å². The van der Waals surface area contributed by atoms with Crippen molar-refractivity contribution in [2.24, 2.45) is 0 Å². The molecule has 0 atom stereocenters. The molecule has 0 aromatic heterocycles. The lowest BCUT2D eigenvalue weighted by Crippen LogP contribution is -2.18. The van der Waals surface area contributed by atoms with Crippen molar-refractivity contribution in [2.45, 2.75) is 13.8 Å². The van der Waals surface area contributed by atoms with Crippen molar-refractivity contribution >= 4 is 5.97 Å². The first-order valence-electron chi connectivity index (χ1n) is 7.03. The first kappa shape index (κ1) is 16.4. The highest BCUT2D eigenvalue weighted by molar-refractivity contribution is 5.75. The summed E-state index contributed by atoms with van der Waals surface area (Å²) in [6.07, 6.45) is 0. The van der Waals surface area contributed by atoms with E-state index in [0.717, 1.165) is 11.1 Å². The van der Waals surface area contributed by atoms with Gasteiger partial charge in [0, 0.05) is 6.07 Å². The Morgan fingerprint density at radius 3 is 2.43 bits per heavy atom. The number of hydrogen-bond acceptors (Lipinski definition) is 5. The highest BCUT2D eigenvalue weighted by Gasteiger charge is 2.13. The van der Waals surface area contributed by atoms with Crippen LogP contribution in [0.15, 0.2) is 36.4 Å². The second kappa shape index (κ2) is 7.32. The number of para-hydroxylation sites is 1. The van der Waals surface area contributed by atoms with E-state index >= 15 is 0 Å². The van der Waals surface area contributed by atoms with E-state index in [2.05, 4.69) is 0 Å². The second-order valence-corrected chi connectivity index (χ2v) is 4.96. The van der Waals surface area contributed by atoms with Gasteiger partial charge in [-0.2, -0.15) is 5.26 Å². The zero-order valence-electron chi connectivity index (χ0n) is 13.3. The summed E-state index contributed by atoms with van der Waals surface area (Å²) < 4.78 is 15.9. The van der Waals surface area contributed by atoms with Crippen LogP contribution in [-0.2, 0) is 4.79 Å². The van der Waals surface area contributed by atoms with E-state index in [0.29, 0.717) is 17.1 Å². The van der Waals surface area contributed by atoms with Crippen molar-refractivity contribution in [1.29, 1.82) is 5.26 Å². The summed E-state index contributed by atoms with van der Waals surface area (Å²) in [6, 6.07) is 12.3. The lowest BCUT2D eigenvalue weighted by atomic mass is 10.1. The fourth-order valence-electron chi connectivity index (χ4n) is 2.13. The van der Waals surface area contributed by atoms with E-state index in [1.54, 1.807) is 6.07 Å². The van der Waals surface area contributed by atoms with Crippen molar-refractivity contribution in [2.75, 3.05) is 13.7 Å². The molecule has 0 spiro atoms. The maximum absolute atomic E-state index is 12.0. The van der Waals surface area contributed by atoms with Crippen LogP contribution in [0.2, 0.25) is 0 Å². The van der Waals surface area contributed by atoms with E-state index in [1.807, 2.05) is 38.1 Å². The van der Waals surface area contributed by atoms with Gasteiger partial charge in [0.1, 0.15) is 5.75 Å². The Hall–Kier alpha value is -3.00. The second-order valence-electron chi connectivity index (χ2n) is 4.96. The van der Waals surface area contributed by atoms with Gasteiger partial charge in [-0.1, -0.05) is 18.2 Å². The number of carbonyl (C=O) groups is 1. The monoisotopic (exact) mass is 311 g/mol. The molecule has 0 amide bonds. The normalized spacial score (nSPS) is 9.83. The molecule has 0 saturated carbocycles. The van der Waals surface area contributed by atoms with Crippen molar-refractivity contribution in [3.8, 4) is 23.3 Å². The maximum atomic E-state index is 12.0. The van der Waals surface area contributed by atoms with Crippen LogP contribution >= 0.6 is 0 Å². The van der Waals surface area contributed by atoms with E-state index in [1.165, 1.54) is 19.2 Å². The average Bonchev–Trinajstić information content (AvgIpc) is 2.54. The van der Waals surface area contributed by atoms with E-state index in [4.69, 9.17) is 19.5 Å². The van der Waals surface area contributed by atoms with Crippen molar-refractivity contribution in [3.05, 3.63) is 53.1 Å². The molecule has 0 bridgehead atoms. The van der Waals surface area contributed by atoms with Gasteiger partial charge in [0.05, 0.1) is 18.7 Å². The zero-order valence-corrected chi connectivity index (χ0v) is 13.3. The number of ether oxygens (including phenoxy) is 3. The van der Waals surface area contributed by atoms with Crippen LogP contribution in [0.5, 0.6) is 17.2 Å². The third kappa shape index (κ3) is 4.01. The van der Waals surface area contributed by atoms with Gasteiger partial charge in [0.25, 0.3) is 0 Å². The van der Waals surface area contributed by atoms with Gasteiger partial charge in [-0.05, 0) is 37.1 Å². The van der Waals surface area contributed by atoms with E-state index in [9.17, 15) is 4.79 Å². The molecule has 118 valence electrons. The summed E-state index contributed by atoms with van der Waals surface area (Å²) in [5.41, 5.74) is 2.33. The van der Waals surface area contributed by atoms with Gasteiger partial charge < -0.3 is 14.2 Å². The fourth-order valence-corrected chi connectivity index (χ4v) is 2.13. The molecular weight excluding hydrogens is 294 g/mol. The van der Waals surface area contributed by atoms with Crippen LogP contribution in [-0.4, -0.2) is 19.7 Å². The number of nitriles is 1. The molecule has 0 heterocycles. The van der Waals surface area contributed by atoms with Gasteiger partial charge in [0.15, 0.2) is 18.1 Å². The van der Waals surface area contributed by atoms with E-state index < -0.39 is 5.97 Å². The molecule has 0 N–H and O–H groups in total. The average molecular weight is 311 g/mol. The third-order valence-electron chi connectivity index (χ3n) is 3.26. The summed E-state index contributed by atoms with van der Waals surface area (Å²) in [5.74, 6) is 0.706. The molecule has 0 aliphatic carbocycles. The molecular formula is C18H17NO4. The minimum Gasteiger partial charge on any atom is -0.493 e. The van der Waals surface area contributed by atoms with Crippen LogP contribution in [0.1, 0.15) is 16.7 Å². The molecule has 0 fully saturated rings.